The summed E-state index contributed by atoms with van der Waals surface area (Å²) >= 11 is 4.86. The van der Waals surface area contributed by atoms with Crippen molar-refractivity contribution in [2.24, 2.45) is 11.1 Å². The summed E-state index contributed by atoms with van der Waals surface area (Å²) in [6.45, 7) is 3.05. The molecule has 16 heavy (non-hydrogen) atoms. The molecule has 1 aromatic rings. The lowest BCUT2D eigenvalue weighted by molar-refractivity contribution is 0.607. The molecule has 0 spiro atoms. The third-order valence-corrected chi connectivity index (χ3v) is 3.27. The molecule has 0 heterocycles. The van der Waals surface area contributed by atoms with E-state index in [0.717, 1.165) is 6.54 Å². The first-order valence-electron chi connectivity index (χ1n) is 5.34. The Morgan fingerprint density at radius 1 is 1.56 bits per heavy atom. The number of nitrogens with two attached hydrogens (primary N) is 1. The molecular formula is C12H15FN2S. The number of rotatable bonds is 4. The van der Waals surface area contributed by atoms with Gasteiger partial charge in [0.2, 0.25) is 0 Å². The van der Waals surface area contributed by atoms with E-state index < -0.39 is 0 Å². The molecule has 0 unspecified atom stereocenters. The predicted octanol–water partition coefficient (Wildman–Crippen LogP) is 2.67. The zero-order valence-electron chi connectivity index (χ0n) is 9.22. The van der Waals surface area contributed by atoms with Crippen molar-refractivity contribution in [2.75, 3.05) is 11.9 Å². The van der Waals surface area contributed by atoms with Crippen LogP contribution in [-0.2, 0) is 0 Å². The topological polar surface area (TPSA) is 38.0 Å². The van der Waals surface area contributed by atoms with Crippen molar-refractivity contribution >= 4 is 22.9 Å². The first-order chi connectivity index (χ1) is 7.52. The van der Waals surface area contributed by atoms with E-state index in [9.17, 15) is 4.39 Å². The van der Waals surface area contributed by atoms with Crippen LogP contribution in [0.25, 0.3) is 0 Å². The van der Waals surface area contributed by atoms with Gasteiger partial charge < -0.3 is 11.1 Å². The van der Waals surface area contributed by atoms with E-state index in [1.54, 1.807) is 6.07 Å². The van der Waals surface area contributed by atoms with Crippen molar-refractivity contribution in [3.63, 3.8) is 0 Å². The Hall–Kier alpha value is -1.16. The van der Waals surface area contributed by atoms with Crippen molar-refractivity contribution in [1.82, 2.24) is 0 Å². The van der Waals surface area contributed by atoms with Crippen molar-refractivity contribution in [3.8, 4) is 0 Å². The highest BCUT2D eigenvalue weighted by molar-refractivity contribution is 7.80. The molecule has 0 aromatic heterocycles. The summed E-state index contributed by atoms with van der Waals surface area (Å²) in [5.41, 5.74) is 6.90. The van der Waals surface area contributed by atoms with Gasteiger partial charge >= 0.3 is 0 Å². The summed E-state index contributed by atoms with van der Waals surface area (Å²) in [4.78, 5) is 0.0987. The number of nitrogens with one attached hydrogen (secondary N) is 1. The lowest BCUT2D eigenvalue weighted by Gasteiger charge is -2.14. The number of thiocarbonyl (C=S) groups is 1. The molecule has 1 saturated carbocycles. The van der Waals surface area contributed by atoms with E-state index in [1.807, 2.05) is 6.07 Å². The molecule has 0 radical (unpaired) electrons. The van der Waals surface area contributed by atoms with Crippen LogP contribution in [-0.4, -0.2) is 11.5 Å². The molecule has 1 aliphatic rings. The molecule has 0 aliphatic heterocycles. The minimum atomic E-state index is -0.363. The Bertz CT molecular complexity index is 427. The summed E-state index contributed by atoms with van der Waals surface area (Å²) in [5, 5.41) is 3.23. The number of benzene rings is 1. The second kappa shape index (κ2) is 4.01. The van der Waals surface area contributed by atoms with Crippen LogP contribution in [0.2, 0.25) is 0 Å². The molecule has 0 saturated heterocycles. The second-order valence-corrected chi connectivity index (χ2v) is 5.13. The summed E-state index contributed by atoms with van der Waals surface area (Å²) < 4.78 is 13.5. The fraction of sp³-hybridized carbons (Fsp3) is 0.417. The van der Waals surface area contributed by atoms with Crippen LogP contribution in [0.4, 0.5) is 10.1 Å². The molecule has 2 nitrogen and oxygen atoms in total. The van der Waals surface area contributed by atoms with Gasteiger partial charge in [0, 0.05) is 12.2 Å². The van der Waals surface area contributed by atoms with Crippen LogP contribution in [0.15, 0.2) is 18.2 Å². The summed E-state index contributed by atoms with van der Waals surface area (Å²) in [5.74, 6) is -0.363. The maximum atomic E-state index is 13.5. The zero-order valence-corrected chi connectivity index (χ0v) is 10.0. The fourth-order valence-electron chi connectivity index (χ4n) is 1.62. The third kappa shape index (κ3) is 2.32. The Labute approximate surface area is 100 Å². The Morgan fingerprint density at radius 3 is 2.81 bits per heavy atom. The number of halogens is 1. The monoisotopic (exact) mass is 238 g/mol. The Kier molecular flexibility index (Phi) is 2.84. The smallest absolute Gasteiger partial charge is 0.135 e. The number of anilines is 1. The first kappa shape index (κ1) is 11.3. The van der Waals surface area contributed by atoms with E-state index in [-0.39, 0.29) is 10.8 Å². The molecule has 0 bridgehead atoms. The molecule has 1 aliphatic carbocycles. The lowest BCUT2D eigenvalue weighted by Crippen LogP contribution is -2.18. The van der Waals surface area contributed by atoms with Gasteiger partial charge in [0.05, 0.1) is 5.56 Å². The van der Waals surface area contributed by atoms with Gasteiger partial charge in [0.1, 0.15) is 10.8 Å². The van der Waals surface area contributed by atoms with Crippen LogP contribution in [0.3, 0.4) is 0 Å². The molecule has 0 amide bonds. The van der Waals surface area contributed by atoms with Crippen LogP contribution in [0.1, 0.15) is 25.3 Å². The molecule has 1 aromatic carbocycles. The van der Waals surface area contributed by atoms with Crippen molar-refractivity contribution < 1.29 is 4.39 Å². The van der Waals surface area contributed by atoms with Gasteiger partial charge in [-0.05, 0) is 30.4 Å². The van der Waals surface area contributed by atoms with E-state index in [1.165, 1.54) is 18.9 Å². The average molecular weight is 238 g/mol. The molecular weight excluding hydrogens is 223 g/mol. The van der Waals surface area contributed by atoms with E-state index in [2.05, 4.69) is 12.2 Å². The molecule has 1 fully saturated rings. The first-order valence-corrected chi connectivity index (χ1v) is 5.75. The van der Waals surface area contributed by atoms with Crippen LogP contribution in [0.5, 0.6) is 0 Å². The number of hydrogen-bond donors (Lipinski definition) is 2. The van der Waals surface area contributed by atoms with Gasteiger partial charge in [-0.25, -0.2) is 4.39 Å². The second-order valence-electron chi connectivity index (χ2n) is 4.69. The highest BCUT2D eigenvalue weighted by Gasteiger charge is 2.36. The molecule has 0 atom stereocenters. The molecule has 86 valence electrons. The summed E-state index contributed by atoms with van der Waals surface area (Å²) in [6, 6.07) is 4.84. The maximum absolute atomic E-state index is 13.5. The maximum Gasteiger partial charge on any atom is 0.135 e. The van der Waals surface area contributed by atoms with Gasteiger partial charge in [0.15, 0.2) is 0 Å². The SMILES string of the molecule is CC1(CNc2cccc(F)c2C(N)=S)CC1. The molecule has 3 N–H and O–H groups in total. The predicted molar refractivity (Wildman–Crippen MR) is 68.1 cm³/mol. The Balaban J connectivity index is 2.19. The van der Waals surface area contributed by atoms with E-state index in [4.69, 9.17) is 18.0 Å². The van der Waals surface area contributed by atoms with Gasteiger partial charge in [-0.1, -0.05) is 25.2 Å². The minimum absolute atomic E-state index is 0.0987. The quantitative estimate of drug-likeness (QED) is 0.792. The van der Waals surface area contributed by atoms with E-state index >= 15 is 0 Å². The molecule has 2 rings (SSSR count). The van der Waals surface area contributed by atoms with Gasteiger partial charge in [-0.2, -0.15) is 0 Å². The fourth-order valence-corrected chi connectivity index (χ4v) is 1.83. The summed E-state index contributed by atoms with van der Waals surface area (Å²) in [6.07, 6.45) is 2.44. The standard InChI is InChI=1S/C12H15FN2S/c1-12(5-6-12)7-15-9-4-2-3-8(13)10(9)11(14)16/h2-4,15H,5-7H2,1H3,(H2,14,16). The highest BCUT2D eigenvalue weighted by atomic mass is 32.1. The van der Waals surface area contributed by atoms with Gasteiger partial charge in [-0.3, -0.25) is 0 Å². The van der Waals surface area contributed by atoms with Gasteiger partial charge in [0.25, 0.3) is 0 Å². The van der Waals surface area contributed by atoms with E-state index in [0.29, 0.717) is 16.7 Å². The van der Waals surface area contributed by atoms with Crippen LogP contribution in [0, 0.1) is 11.2 Å². The molecule has 4 heteroatoms. The minimum Gasteiger partial charge on any atom is -0.389 e. The normalized spacial score (nSPS) is 16.9. The Morgan fingerprint density at radius 2 is 2.25 bits per heavy atom. The van der Waals surface area contributed by atoms with Gasteiger partial charge in [-0.15, -0.1) is 0 Å². The lowest BCUT2D eigenvalue weighted by atomic mass is 10.1. The van der Waals surface area contributed by atoms with Crippen molar-refractivity contribution in [1.29, 1.82) is 0 Å². The number of hydrogen-bond acceptors (Lipinski definition) is 2. The average Bonchev–Trinajstić information content (AvgIpc) is 2.94. The highest BCUT2D eigenvalue weighted by Crippen LogP contribution is 2.44. The van der Waals surface area contributed by atoms with Crippen LogP contribution >= 0.6 is 12.2 Å². The van der Waals surface area contributed by atoms with Crippen LogP contribution < -0.4 is 11.1 Å². The van der Waals surface area contributed by atoms with Crippen molar-refractivity contribution in [2.45, 2.75) is 19.8 Å². The van der Waals surface area contributed by atoms with Crippen molar-refractivity contribution in [3.05, 3.63) is 29.6 Å². The third-order valence-electron chi connectivity index (χ3n) is 3.07. The largest absolute Gasteiger partial charge is 0.389 e. The zero-order chi connectivity index (χ0) is 11.8. The summed E-state index contributed by atoms with van der Waals surface area (Å²) in [7, 11) is 0.